The fourth-order valence-electron chi connectivity index (χ4n) is 1.55. The molecule has 0 atom stereocenters. The van der Waals surface area contributed by atoms with Crippen LogP contribution < -0.4 is 5.32 Å². The normalized spacial score (nSPS) is 10.3. The molecule has 0 fully saturated rings. The second-order valence-corrected chi connectivity index (χ2v) is 4.77. The number of thioether (sulfide) groups is 1. The molecule has 0 aliphatic rings. The van der Waals surface area contributed by atoms with Crippen LogP contribution in [-0.4, -0.2) is 30.9 Å². The minimum absolute atomic E-state index is 0.168. The number of anilines is 1. The molecule has 1 rings (SSSR count). The largest absolute Gasteiger partial charge is 0.385 e. The molecular weight excluding hydrogens is 252 g/mol. The van der Waals surface area contributed by atoms with Gasteiger partial charge in [0, 0.05) is 26.0 Å². The van der Waals surface area contributed by atoms with Gasteiger partial charge in [0.25, 0.3) is 0 Å². The van der Waals surface area contributed by atoms with Gasteiger partial charge < -0.3 is 10.1 Å². The molecule has 5 nitrogen and oxygen atoms in total. The molecule has 1 aromatic carbocycles. The molecule has 6 heteroatoms. The maximum absolute atomic E-state index is 11.1. The zero-order valence-electron chi connectivity index (χ0n) is 10.6. The third-order valence-corrected chi connectivity index (χ3v) is 3.43. The maximum Gasteiger partial charge on any atom is 0.305 e. The molecule has 1 aromatic rings. The van der Waals surface area contributed by atoms with Crippen molar-refractivity contribution in [3.8, 4) is 0 Å². The summed E-state index contributed by atoms with van der Waals surface area (Å²) in [6.45, 7) is 3.26. The molecule has 0 heterocycles. The van der Waals surface area contributed by atoms with Gasteiger partial charge in [-0.05, 0) is 25.5 Å². The summed E-state index contributed by atoms with van der Waals surface area (Å²) in [7, 11) is 1.65. The van der Waals surface area contributed by atoms with E-state index in [9.17, 15) is 10.1 Å². The number of para-hydroxylation sites is 1. The van der Waals surface area contributed by atoms with Crippen molar-refractivity contribution in [1.29, 1.82) is 0 Å². The molecule has 0 saturated heterocycles. The van der Waals surface area contributed by atoms with Crippen molar-refractivity contribution < 1.29 is 9.66 Å². The molecule has 100 valence electrons. The number of nitrogens with one attached hydrogen (secondary N) is 1. The Bertz CT molecular complexity index is 399. The topological polar surface area (TPSA) is 64.4 Å². The monoisotopic (exact) mass is 270 g/mol. The minimum Gasteiger partial charge on any atom is -0.385 e. The Morgan fingerprint density at radius 1 is 1.50 bits per heavy atom. The van der Waals surface area contributed by atoms with Gasteiger partial charge in [-0.3, -0.25) is 10.1 Å². The third kappa shape index (κ3) is 4.19. The lowest BCUT2D eigenvalue weighted by atomic mass is 10.2. The average molecular weight is 270 g/mol. The number of nitro groups is 1. The van der Waals surface area contributed by atoms with Crippen LogP contribution in [0.4, 0.5) is 11.4 Å². The van der Waals surface area contributed by atoms with Crippen molar-refractivity contribution >= 4 is 23.1 Å². The fraction of sp³-hybridized carbons (Fsp3) is 0.500. The zero-order valence-corrected chi connectivity index (χ0v) is 11.5. The zero-order chi connectivity index (χ0) is 13.4. The lowest BCUT2D eigenvalue weighted by molar-refractivity contribution is -0.386. The van der Waals surface area contributed by atoms with Crippen molar-refractivity contribution in [2.75, 3.05) is 31.3 Å². The highest BCUT2D eigenvalue weighted by atomic mass is 32.2. The van der Waals surface area contributed by atoms with Crippen LogP contribution in [0.15, 0.2) is 23.1 Å². The predicted octanol–water partition coefficient (Wildman–Crippen LogP) is 3.16. The second kappa shape index (κ2) is 7.94. The van der Waals surface area contributed by atoms with Gasteiger partial charge in [0.2, 0.25) is 0 Å². The van der Waals surface area contributed by atoms with Crippen LogP contribution in [0.2, 0.25) is 0 Å². The van der Waals surface area contributed by atoms with E-state index in [1.165, 1.54) is 11.8 Å². The summed E-state index contributed by atoms with van der Waals surface area (Å²) >= 11 is 1.49. The van der Waals surface area contributed by atoms with E-state index in [4.69, 9.17) is 4.74 Å². The maximum atomic E-state index is 11.1. The van der Waals surface area contributed by atoms with E-state index in [1.54, 1.807) is 19.2 Å². The number of nitrogens with zero attached hydrogens (tertiary/aromatic N) is 1. The van der Waals surface area contributed by atoms with Gasteiger partial charge in [-0.1, -0.05) is 6.07 Å². The van der Waals surface area contributed by atoms with Crippen LogP contribution in [0.25, 0.3) is 0 Å². The highest BCUT2D eigenvalue weighted by Gasteiger charge is 2.19. The lowest BCUT2D eigenvalue weighted by Gasteiger charge is -2.08. The van der Waals surface area contributed by atoms with Gasteiger partial charge in [0.05, 0.1) is 9.82 Å². The van der Waals surface area contributed by atoms with Crippen molar-refractivity contribution in [3.05, 3.63) is 28.3 Å². The van der Waals surface area contributed by atoms with E-state index in [2.05, 4.69) is 5.32 Å². The first-order valence-electron chi connectivity index (χ1n) is 5.83. The standard InChI is InChI=1S/C12H18N2O3S/c1-3-13-10-6-4-7-11(12(10)14(15)16)18-9-5-8-17-2/h4,6-7,13H,3,5,8-9H2,1-2H3. The Balaban J connectivity index is 2.82. The average Bonchev–Trinajstić information content (AvgIpc) is 2.35. The number of benzene rings is 1. The van der Waals surface area contributed by atoms with Crippen LogP contribution in [0.5, 0.6) is 0 Å². The van der Waals surface area contributed by atoms with Crippen molar-refractivity contribution in [2.45, 2.75) is 18.2 Å². The van der Waals surface area contributed by atoms with E-state index in [0.717, 1.165) is 12.2 Å². The van der Waals surface area contributed by atoms with Gasteiger partial charge in [0.15, 0.2) is 0 Å². The summed E-state index contributed by atoms with van der Waals surface area (Å²) in [5, 5.41) is 14.2. The summed E-state index contributed by atoms with van der Waals surface area (Å²) in [5.74, 6) is 0.810. The number of methoxy groups -OCH3 is 1. The highest BCUT2D eigenvalue weighted by Crippen LogP contribution is 2.35. The van der Waals surface area contributed by atoms with Gasteiger partial charge >= 0.3 is 5.69 Å². The molecule has 0 aromatic heterocycles. The van der Waals surface area contributed by atoms with Crippen LogP contribution in [0.1, 0.15) is 13.3 Å². The van der Waals surface area contributed by atoms with Crippen molar-refractivity contribution in [2.24, 2.45) is 0 Å². The third-order valence-electron chi connectivity index (χ3n) is 2.30. The molecule has 0 aliphatic heterocycles. The van der Waals surface area contributed by atoms with Crippen LogP contribution in [-0.2, 0) is 4.74 Å². The quantitative estimate of drug-likeness (QED) is 0.340. The molecular formula is C12H18N2O3S. The summed E-state index contributed by atoms with van der Waals surface area (Å²) < 4.78 is 4.96. The second-order valence-electron chi connectivity index (χ2n) is 3.63. The first-order valence-corrected chi connectivity index (χ1v) is 6.82. The SMILES string of the molecule is CCNc1cccc(SCCCOC)c1[N+](=O)[O-]. The molecule has 0 aliphatic carbocycles. The first-order chi connectivity index (χ1) is 8.70. The van der Waals surface area contributed by atoms with Crippen LogP contribution in [0, 0.1) is 10.1 Å². The molecule has 0 bridgehead atoms. The number of rotatable bonds is 8. The molecule has 0 amide bonds. The molecule has 1 N–H and O–H groups in total. The minimum atomic E-state index is -0.323. The molecule has 0 unspecified atom stereocenters. The Labute approximate surface area is 111 Å². The summed E-state index contributed by atoms with van der Waals surface area (Å²) in [4.78, 5) is 11.5. The van der Waals surface area contributed by atoms with E-state index >= 15 is 0 Å². The Morgan fingerprint density at radius 2 is 2.28 bits per heavy atom. The number of nitro benzene ring substituents is 1. The van der Waals surface area contributed by atoms with Crippen molar-refractivity contribution in [3.63, 3.8) is 0 Å². The number of hydrogen-bond donors (Lipinski definition) is 1. The first kappa shape index (κ1) is 14.8. The lowest BCUT2D eigenvalue weighted by Crippen LogP contribution is -2.02. The highest BCUT2D eigenvalue weighted by molar-refractivity contribution is 7.99. The number of ether oxygens (including phenoxy) is 1. The van der Waals surface area contributed by atoms with Gasteiger partial charge in [-0.2, -0.15) is 0 Å². The number of hydrogen-bond acceptors (Lipinski definition) is 5. The fourth-order valence-corrected chi connectivity index (χ4v) is 2.52. The summed E-state index contributed by atoms with van der Waals surface area (Å²) in [5.41, 5.74) is 0.751. The Kier molecular flexibility index (Phi) is 6.53. The van der Waals surface area contributed by atoms with Crippen LogP contribution >= 0.6 is 11.8 Å². The Morgan fingerprint density at radius 3 is 2.89 bits per heavy atom. The molecule has 18 heavy (non-hydrogen) atoms. The molecule has 0 saturated carbocycles. The van der Waals surface area contributed by atoms with Gasteiger partial charge in [0.1, 0.15) is 5.69 Å². The molecule has 0 spiro atoms. The summed E-state index contributed by atoms with van der Waals surface area (Å²) in [6.07, 6.45) is 0.879. The molecule has 0 radical (unpaired) electrons. The van der Waals surface area contributed by atoms with E-state index in [-0.39, 0.29) is 10.6 Å². The van der Waals surface area contributed by atoms with Gasteiger partial charge in [-0.15, -0.1) is 11.8 Å². The van der Waals surface area contributed by atoms with Crippen LogP contribution in [0.3, 0.4) is 0 Å². The predicted molar refractivity (Wildman–Crippen MR) is 74.5 cm³/mol. The smallest absolute Gasteiger partial charge is 0.305 e. The van der Waals surface area contributed by atoms with E-state index in [1.807, 2.05) is 13.0 Å². The van der Waals surface area contributed by atoms with Gasteiger partial charge in [-0.25, -0.2) is 0 Å². The Hall–Kier alpha value is -1.27. The van der Waals surface area contributed by atoms with E-state index in [0.29, 0.717) is 23.7 Å². The summed E-state index contributed by atoms with van der Waals surface area (Å²) in [6, 6.07) is 5.36. The van der Waals surface area contributed by atoms with E-state index < -0.39 is 0 Å². The van der Waals surface area contributed by atoms with Crippen molar-refractivity contribution in [1.82, 2.24) is 0 Å².